The van der Waals surface area contributed by atoms with Crippen molar-refractivity contribution in [1.29, 1.82) is 0 Å². The summed E-state index contributed by atoms with van der Waals surface area (Å²) in [5, 5.41) is 22.2. The van der Waals surface area contributed by atoms with Crippen LogP contribution in [0.5, 0.6) is 0 Å². The van der Waals surface area contributed by atoms with Crippen LogP contribution in [0, 0.1) is 0 Å². The Kier molecular flexibility index (Phi) is 3.98. The summed E-state index contributed by atoms with van der Waals surface area (Å²) in [4.78, 5) is 11.8. The summed E-state index contributed by atoms with van der Waals surface area (Å²) in [5.41, 5.74) is 1.25. The number of rotatable bonds is 5. The molecule has 18 heavy (non-hydrogen) atoms. The number of nitrogens with one attached hydrogen (secondary N) is 1. The fourth-order valence-electron chi connectivity index (χ4n) is 1.45. The lowest BCUT2D eigenvalue weighted by Crippen LogP contribution is -2.25. The number of carbonyl (C=O) groups is 1. The molecule has 2 rings (SSSR count). The molecule has 94 valence electrons. The monoisotopic (exact) mass is 247 g/mol. The molecule has 0 radical (unpaired) electrons. The topological polar surface area (TPSA) is 92.9 Å². The third-order valence-corrected chi connectivity index (χ3v) is 2.34. The standard InChI is InChI=1S/C11H13N5O2/c17-6-2-5-12-11(18)9-3-1-4-10(7-9)16-8-13-14-15-16/h1,3-4,7-8,17H,2,5-6H2,(H,12,18). The number of carbonyl (C=O) groups excluding carboxylic acids is 1. The van der Waals surface area contributed by atoms with E-state index in [1.165, 1.54) is 11.0 Å². The quantitative estimate of drug-likeness (QED) is 0.712. The summed E-state index contributed by atoms with van der Waals surface area (Å²) in [5.74, 6) is -0.182. The summed E-state index contributed by atoms with van der Waals surface area (Å²) in [6, 6.07) is 6.98. The van der Waals surface area contributed by atoms with Gasteiger partial charge in [0, 0.05) is 18.7 Å². The van der Waals surface area contributed by atoms with Crippen LogP contribution in [0.15, 0.2) is 30.6 Å². The van der Waals surface area contributed by atoms with Gasteiger partial charge >= 0.3 is 0 Å². The molecule has 0 aliphatic heterocycles. The number of aliphatic hydroxyl groups is 1. The molecule has 1 aromatic carbocycles. The van der Waals surface area contributed by atoms with E-state index in [9.17, 15) is 4.79 Å². The first-order valence-electron chi connectivity index (χ1n) is 5.54. The lowest BCUT2D eigenvalue weighted by Gasteiger charge is -2.05. The van der Waals surface area contributed by atoms with E-state index in [1.807, 2.05) is 0 Å². The van der Waals surface area contributed by atoms with Crippen molar-refractivity contribution in [2.45, 2.75) is 6.42 Å². The number of nitrogens with zero attached hydrogens (tertiary/aromatic N) is 4. The van der Waals surface area contributed by atoms with Gasteiger partial charge in [0.25, 0.3) is 5.91 Å². The molecule has 1 amide bonds. The van der Waals surface area contributed by atoms with Crippen LogP contribution in [0.1, 0.15) is 16.8 Å². The molecule has 2 aromatic rings. The Morgan fingerprint density at radius 2 is 2.33 bits per heavy atom. The van der Waals surface area contributed by atoms with Crippen molar-refractivity contribution in [2.24, 2.45) is 0 Å². The third-order valence-electron chi connectivity index (χ3n) is 2.34. The normalized spacial score (nSPS) is 10.3. The molecule has 0 spiro atoms. The van der Waals surface area contributed by atoms with Crippen molar-refractivity contribution < 1.29 is 9.90 Å². The van der Waals surface area contributed by atoms with Gasteiger partial charge in [0.1, 0.15) is 6.33 Å². The van der Waals surface area contributed by atoms with Gasteiger partial charge in [0.2, 0.25) is 0 Å². The molecular formula is C11H13N5O2. The third kappa shape index (κ3) is 2.89. The Balaban J connectivity index is 2.10. The number of aromatic nitrogens is 4. The second-order valence-electron chi connectivity index (χ2n) is 3.64. The van der Waals surface area contributed by atoms with Gasteiger partial charge in [-0.05, 0) is 35.0 Å². The van der Waals surface area contributed by atoms with Crippen molar-refractivity contribution in [3.8, 4) is 5.69 Å². The number of tetrazole rings is 1. The molecule has 0 aliphatic carbocycles. The average Bonchev–Trinajstić information content (AvgIpc) is 2.93. The van der Waals surface area contributed by atoms with Crippen LogP contribution in [0.25, 0.3) is 5.69 Å². The molecule has 0 aliphatic rings. The van der Waals surface area contributed by atoms with E-state index in [0.29, 0.717) is 18.5 Å². The number of aliphatic hydroxyl groups excluding tert-OH is 1. The lowest BCUT2D eigenvalue weighted by molar-refractivity contribution is 0.0951. The summed E-state index contributed by atoms with van der Waals surface area (Å²) in [7, 11) is 0. The highest BCUT2D eigenvalue weighted by atomic mass is 16.3. The molecule has 0 saturated heterocycles. The van der Waals surface area contributed by atoms with Gasteiger partial charge in [0.05, 0.1) is 5.69 Å². The Morgan fingerprint density at radius 1 is 1.44 bits per heavy atom. The Hall–Kier alpha value is -2.28. The van der Waals surface area contributed by atoms with E-state index in [2.05, 4.69) is 20.8 Å². The van der Waals surface area contributed by atoms with Crippen molar-refractivity contribution in [3.05, 3.63) is 36.2 Å². The first kappa shape index (κ1) is 12.2. The minimum atomic E-state index is -0.182. The highest BCUT2D eigenvalue weighted by Crippen LogP contribution is 2.08. The fraction of sp³-hybridized carbons (Fsp3) is 0.273. The van der Waals surface area contributed by atoms with Gasteiger partial charge in [-0.3, -0.25) is 4.79 Å². The maximum atomic E-state index is 11.8. The molecule has 0 fully saturated rings. The highest BCUT2D eigenvalue weighted by Gasteiger charge is 2.06. The van der Waals surface area contributed by atoms with E-state index in [1.54, 1.807) is 24.3 Å². The molecule has 1 aromatic heterocycles. The molecule has 0 saturated carbocycles. The Labute approximate surface area is 103 Å². The zero-order valence-electron chi connectivity index (χ0n) is 9.65. The zero-order valence-corrected chi connectivity index (χ0v) is 9.65. The first-order chi connectivity index (χ1) is 8.81. The number of hydrogen-bond donors (Lipinski definition) is 2. The van der Waals surface area contributed by atoms with Gasteiger partial charge in [0.15, 0.2) is 0 Å². The minimum absolute atomic E-state index is 0.0605. The Bertz CT molecular complexity index is 512. The van der Waals surface area contributed by atoms with Crippen molar-refractivity contribution in [1.82, 2.24) is 25.5 Å². The summed E-state index contributed by atoms with van der Waals surface area (Å²) >= 11 is 0. The van der Waals surface area contributed by atoms with Gasteiger partial charge in [-0.1, -0.05) is 6.07 Å². The van der Waals surface area contributed by atoms with Gasteiger partial charge in [-0.2, -0.15) is 0 Å². The summed E-state index contributed by atoms with van der Waals surface area (Å²) in [6.45, 7) is 0.509. The first-order valence-corrected chi connectivity index (χ1v) is 5.54. The zero-order chi connectivity index (χ0) is 12.8. The van der Waals surface area contributed by atoms with Crippen LogP contribution in [-0.2, 0) is 0 Å². The highest BCUT2D eigenvalue weighted by molar-refractivity contribution is 5.94. The van der Waals surface area contributed by atoms with E-state index in [-0.39, 0.29) is 12.5 Å². The van der Waals surface area contributed by atoms with E-state index in [0.717, 1.165) is 5.69 Å². The molecule has 0 bridgehead atoms. The van der Waals surface area contributed by atoms with Crippen molar-refractivity contribution >= 4 is 5.91 Å². The van der Waals surface area contributed by atoms with Crippen LogP contribution in [-0.4, -0.2) is 44.4 Å². The smallest absolute Gasteiger partial charge is 0.251 e. The second kappa shape index (κ2) is 5.87. The molecule has 7 nitrogen and oxygen atoms in total. The SMILES string of the molecule is O=C(NCCCO)c1cccc(-n2cnnn2)c1. The lowest BCUT2D eigenvalue weighted by atomic mass is 10.2. The Morgan fingerprint density at radius 3 is 3.06 bits per heavy atom. The predicted molar refractivity (Wildman–Crippen MR) is 63.2 cm³/mol. The van der Waals surface area contributed by atoms with Crippen molar-refractivity contribution in [2.75, 3.05) is 13.2 Å². The summed E-state index contributed by atoms with van der Waals surface area (Å²) < 4.78 is 1.48. The maximum Gasteiger partial charge on any atom is 0.251 e. The van der Waals surface area contributed by atoms with Crippen molar-refractivity contribution in [3.63, 3.8) is 0 Å². The number of hydrogen-bond acceptors (Lipinski definition) is 5. The van der Waals surface area contributed by atoms with Gasteiger partial charge in [-0.15, -0.1) is 5.10 Å². The van der Waals surface area contributed by atoms with Gasteiger partial charge < -0.3 is 10.4 Å². The van der Waals surface area contributed by atoms with Crippen LogP contribution >= 0.6 is 0 Å². The molecular weight excluding hydrogens is 234 g/mol. The molecule has 0 atom stereocenters. The van der Waals surface area contributed by atoms with Crippen LogP contribution in [0.3, 0.4) is 0 Å². The van der Waals surface area contributed by atoms with Crippen LogP contribution < -0.4 is 5.32 Å². The molecule has 1 heterocycles. The number of benzene rings is 1. The molecule has 2 N–H and O–H groups in total. The fourth-order valence-corrected chi connectivity index (χ4v) is 1.45. The average molecular weight is 247 g/mol. The van der Waals surface area contributed by atoms with Gasteiger partial charge in [-0.25, -0.2) is 4.68 Å². The molecule has 7 heteroatoms. The minimum Gasteiger partial charge on any atom is -0.396 e. The predicted octanol–water partition coefficient (Wildman–Crippen LogP) is -0.226. The maximum absolute atomic E-state index is 11.8. The van der Waals surface area contributed by atoms with E-state index >= 15 is 0 Å². The van der Waals surface area contributed by atoms with Crippen LogP contribution in [0.4, 0.5) is 0 Å². The second-order valence-corrected chi connectivity index (χ2v) is 3.64. The summed E-state index contributed by atoms with van der Waals surface area (Å²) in [6.07, 6.45) is 2.00. The van der Waals surface area contributed by atoms with Crippen LogP contribution in [0.2, 0.25) is 0 Å². The largest absolute Gasteiger partial charge is 0.396 e. The van der Waals surface area contributed by atoms with E-state index < -0.39 is 0 Å². The van der Waals surface area contributed by atoms with E-state index in [4.69, 9.17) is 5.11 Å². The molecule has 0 unspecified atom stereocenters. The number of amides is 1.